The Morgan fingerprint density at radius 1 is 1.30 bits per heavy atom. The highest BCUT2D eigenvalue weighted by molar-refractivity contribution is 5.95. The zero-order valence-corrected chi connectivity index (χ0v) is 11.3. The van der Waals surface area contributed by atoms with E-state index in [9.17, 15) is 4.79 Å². The van der Waals surface area contributed by atoms with Gasteiger partial charge in [-0.05, 0) is 55.0 Å². The lowest BCUT2D eigenvalue weighted by atomic mass is 9.86. The van der Waals surface area contributed by atoms with Gasteiger partial charge < -0.3 is 15.1 Å². The van der Waals surface area contributed by atoms with Gasteiger partial charge >= 0.3 is 0 Å². The molecule has 1 amide bonds. The number of carbonyl (C=O) groups excluding carboxylic acids is 1. The molecule has 4 rings (SSSR count). The van der Waals surface area contributed by atoms with Gasteiger partial charge in [0.15, 0.2) is 5.76 Å². The molecule has 104 valence electrons. The predicted octanol–water partition coefficient (Wildman–Crippen LogP) is 2.34. The highest BCUT2D eigenvalue weighted by atomic mass is 16.3. The van der Waals surface area contributed by atoms with Crippen molar-refractivity contribution in [2.75, 3.05) is 19.6 Å². The average molecular weight is 270 g/mol. The molecule has 1 unspecified atom stereocenters. The number of primary amides is 1. The van der Waals surface area contributed by atoms with Gasteiger partial charge in [0, 0.05) is 18.5 Å². The lowest BCUT2D eigenvalue weighted by molar-refractivity contribution is 0.0976. The number of benzene rings is 1. The summed E-state index contributed by atoms with van der Waals surface area (Å²) in [7, 11) is 0. The van der Waals surface area contributed by atoms with Crippen LogP contribution in [-0.2, 0) is 0 Å². The number of hydrogen-bond acceptors (Lipinski definition) is 3. The summed E-state index contributed by atoms with van der Waals surface area (Å²) in [5.74, 6) is 1.19. The van der Waals surface area contributed by atoms with Crippen LogP contribution in [0.25, 0.3) is 11.0 Å². The summed E-state index contributed by atoms with van der Waals surface area (Å²) in [5, 5.41) is 0.976. The van der Waals surface area contributed by atoms with Crippen LogP contribution in [0.15, 0.2) is 28.7 Å². The van der Waals surface area contributed by atoms with Crippen molar-refractivity contribution in [3.63, 3.8) is 0 Å². The van der Waals surface area contributed by atoms with E-state index >= 15 is 0 Å². The summed E-state index contributed by atoms with van der Waals surface area (Å²) in [6, 6.07) is 8.00. The Labute approximate surface area is 117 Å². The van der Waals surface area contributed by atoms with Crippen molar-refractivity contribution in [1.29, 1.82) is 0 Å². The maximum absolute atomic E-state index is 11.2. The maximum atomic E-state index is 11.2. The third-order valence-electron chi connectivity index (χ3n) is 4.72. The standard InChI is InChI=1S/C16H18N2O2/c17-16(19)15-7-12-6-11(1-2-14(12)20-15)13-5-10-3-4-18(8-10)9-13/h1-2,6-7,10,13H,3-5,8-9H2,(H2,17,19)/t10-,13-/m0/s1. The highest BCUT2D eigenvalue weighted by Gasteiger charge is 2.32. The highest BCUT2D eigenvalue weighted by Crippen LogP contribution is 2.37. The molecule has 0 spiro atoms. The molecule has 4 heteroatoms. The molecule has 0 saturated carbocycles. The Bertz CT molecular complexity index is 664. The third-order valence-corrected chi connectivity index (χ3v) is 4.72. The molecule has 3 heterocycles. The number of nitrogens with two attached hydrogens (primary N) is 1. The zero-order valence-electron chi connectivity index (χ0n) is 11.3. The predicted molar refractivity (Wildman–Crippen MR) is 76.6 cm³/mol. The minimum absolute atomic E-state index is 0.240. The maximum Gasteiger partial charge on any atom is 0.284 e. The van der Waals surface area contributed by atoms with Crippen molar-refractivity contribution < 1.29 is 9.21 Å². The molecule has 0 aliphatic carbocycles. The normalized spacial score (nSPS) is 28.9. The number of fused-ring (bicyclic) bond motifs is 3. The molecule has 2 aromatic rings. The van der Waals surface area contributed by atoms with Gasteiger partial charge in [0.25, 0.3) is 5.91 Å². The summed E-state index contributed by atoms with van der Waals surface area (Å²) < 4.78 is 5.44. The molecule has 20 heavy (non-hydrogen) atoms. The molecule has 1 aromatic heterocycles. The summed E-state index contributed by atoms with van der Waals surface area (Å²) in [6.45, 7) is 3.68. The van der Waals surface area contributed by atoms with Crippen LogP contribution >= 0.6 is 0 Å². The Balaban J connectivity index is 1.68. The van der Waals surface area contributed by atoms with E-state index in [4.69, 9.17) is 10.2 Å². The minimum atomic E-state index is -0.510. The Hall–Kier alpha value is -1.81. The van der Waals surface area contributed by atoms with E-state index < -0.39 is 5.91 Å². The van der Waals surface area contributed by atoms with Crippen molar-refractivity contribution in [1.82, 2.24) is 4.90 Å². The number of piperidine rings is 1. The first kappa shape index (κ1) is 12.0. The molecular formula is C16H18N2O2. The van der Waals surface area contributed by atoms with Gasteiger partial charge in [0.1, 0.15) is 5.58 Å². The monoisotopic (exact) mass is 270 g/mol. The number of furan rings is 1. The first-order chi connectivity index (χ1) is 9.69. The molecule has 2 bridgehead atoms. The van der Waals surface area contributed by atoms with E-state index in [-0.39, 0.29) is 5.76 Å². The summed E-state index contributed by atoms with van der Waals surface area (Å²) >= 11 is 0. The van der Waals surface area contributed by atoms with E-state index in [1.165, 1.54) is 31.5 Å². The Kier molecular flexibility index (Phi) is 2.60. The molecule has 1 aromatic carbocycles. The lowest BCUT2D eigenvalue weighted by Gasteiger charge is -2.30. The lowest BCUT2D eigenvalue weighted by Crippen LogP contribution is -2.31. The molecule has 2 aliphatic rings. The Morgan fingerprint density at radius 2 is 2.20 bits per heavy atom. The number of rotatable bonds is 2. The van der Waals surface area contributed by atoms with Crippen molar-refractivity contribution in [3.05, 3.63) is 35.6 Å². The third kappa shape index (κ3) is 1.91. The van der Waals surface area contributed by atoms with Gasteiger partial charge in [-0.1, -0.05) is 6.07 Å². The van der Waals surface area contributed by atoms with Crippen LogP contribution in [0.4, 0.5) is 0 Å². The molecule has 4 nitrogen and oxygen atoms in total. The molecular weight excluding hydrogens is 252 g/mol. The number of amides is 1. The van der Waals surface area contributed by atoms with Crippen molar-refractivity contribution in [2.24, 2.45) is 11.7 Å². The second-order valence-electron chi connectivity index (χ2n) is 6.12. The number of hydrogen-bond donors (Lipinski definition) is 1. The van der Waals surface area contributed by atoms with Crippen LogP contribution in [0, 0.1) is 5.92 Å². The van der Waals surface area contributed by atoms with Gasteiger partial charge in [-0.2, -0.15) is 0 Å². The van der Waals surface area contributed by atoms with Crippen LogP contribution in [-0.4, -0.2) is 30.4 Å². The zero-order chi connectivity index (χ0) is 13.7. The number of carbonyl (C=O) groups is 1. The van der Waals surface area contributed by atoms with Crippen LogP contribution in [0.3, 0.4) is 0 Å². The average Bonchev–Trinajstić information content (AvgIpc) is 3.01. The summed E-state index contributed by atoms with van der Waals surface area (Å²) in [4.78, 5) is 13.7. The molecule has 2 fully saturated rings. The quantitative estimate of drug-likeness (QED) is 0.911. The molecule has 2 N–H and O–H groups in total. The second kappa shape index (κ2) is 4.35. The fourth-order valence-corrected chi connectivity index (χ4v) is 3.74. The van der Waals surface area contributed by atoms with E-state index in [0.717, 1.165) is 23.4 Å². The van der Waals surface area contributed by atoms with Crippen LogP contribution in [0.5, 0.6) is 0 Å². The van der Waals surface area contributed by atoms with Crippen LogP contribution in [0.1, 0.15) is 34.9 Å². The van der Waals surface area contributed by atoms with Gasteiger partial charge in [0.05, 0.1) is 0 Å². The van der Waals surface area contributed by atoms with Gasteiger partial charge in [-0.15, -0.1) is 0 Å². The first-order valence-corrected chi connectivity index (χ1v) is 7.25. The van der Waals surface area contributed by atoms with Crippen LogP contribution < -0.4 is 5.73 Å². The molecule has 2 aliphatic heterocycles. The van der Waals surface area contributed by atoms with E-state index in [1.807, 2.05) is 6.07 Å². The van der Waals surface area contributed by atoms with Crippen molar-refractivity contribution in [2.45, 2.75) is 18.8 Å². The molecule has 3 atom stereocenters. The second-order valence-corrected chi connectivity index (χ2v) is 6.12. The first-order valence-electron chi connectivity index (χ1n) is 7.25. The SMILES string of the molecule is NC(=O)c1cc2cc([C@H]3C[C@@H]4CCN(C4)C3)ccc2o1. The Morgan fingerprint density at radius 3 is 3.00 bits per heavy atom. The number of nitrogens with zero attached hydrogens (tertiary/aromatic N) is 1. The van der Waals surface area contributed by atoms with E-state index in [0.29, 0.717) is 5.92 Å². The van der Waals surface area contributed by atoms with Gasteiger partial charge in [-0.25, -0.2) is 0 Å². The molecule has 0 radical (unpaired) electrons. The summed E-state index contributed by atoms with van der Waals surface area (Å²) in [6.07, 6.45) is 2.62. The summed E-state index contributed by atoms with van der Waals surface area (Å²) in [5.41, 5.74) is 7.35. The van der Waals surface area contributed by atoms with E-state index in [1.54, 1.807) is 6.07 Å². The van der Waals surface area contributed by atoms with Crippen molar-refractivity contribution >= 4 is 16.9 Å². The minimum Gasteiger partial charge on any atom is -0.451 e. The largest absolute Gasteiger partial charge is 0.451 e. The van der Waals surface area contributed by atoms with E-state index in [2.05, 4.69) is 17.0 Å². The fourth-order valence-electron chi connectivity index (χ4n) is 3.74. The fraction of sp³-hybridized carbons (Fsp3) is 0.438. The van der Waals surface area contributed by atoms with Gasteiger partial charge in [0.2, 0.25) is 0 Å². The van der Waals surface area contributed by atoms with Gasteiger partial charge in [-0.3, -0.25) is 4.79 Å². The topological polar surface area (TPSA) is 59.5 Å². The van der Waals surface area contributed by atoms with Crippen LogP contribution in [0.2, 0.25) is 0 Å². The smallest absolute Gasteiger partial charge is 0.284 e. The molecule has 2 saturated heterocycles. The van der Waals surface area contributed by atoms with Crippen molar-refractivity contribution in [3.8, 4) is 0 Å².